The third-order valence-corrected chi connectivity index (χ3v) is 1.72. The average Bonchev–Trinajstić information content (AvgIpc) is 2.03. The molecule has 0 aromatic heterocycles. The van der Waals surface area contributed by atoms with Gasteiger partial charge in [0.1, 0.15) is 6.67 Å². The SMILES string of the molecule is FCCOC1CCNCC1. The molecule has 2 nitrogen and oxygen atoms in total. The van der Waals surface area contributed by atoms with Crippen molar-refractivity contribution in [3.63, 3.8) is 0 Å². The second kappa shape index (κ2) is 4.63. The van der Waals surface area contributed by atoms with Crippen LogP contribution in [-0.4, -0.2) is 32.5 Å². The summed E-state index contributed by atoms with van der Waals surface area (Å²) in [5, 5.41) is 3.22. The fraction of sp³-hybridized carbons (Fsp3) is 1.00. The van der Waals surface area contributed by atoms with E-state index in [2.05, 4.69) is 5.32 Å². The molecule has 10 heavy (non-hydrogen) atoms. The smallest absolute Gasteiger partial charge is 0.113 e. The number of hydrogen-bond donors (Lipinski definition) is 1. The molecule has 1 N–H and O–H groups in total. The zero-order valence-electron chi connectivity index (χ0n) is 6.11. The normalized spacial score (nSPS) is 21.3. The van der Waals surface area contributed by atoms with Gasteiger partial charge in [0.2, 0.25) is 0 Å². The molecule has 0 bridgehead atoms. The highest BCUT2D eigenvalue weighted by Crippen LogP contribution is 2.06. The van der Waals surface area contributed by atoms with E-state index in [9.17, 15) is 4.39 Å². The molecule has 1 aliphatic rings. The summed E-state index contributed by atoms with van der Waals surface area (Å²) in [6.07, 6.45) is 2.36. The number of piperidine rings is 1. The predicted molar refractivity (Wildman–Crippen MR) is 37.8 cm³/mol. The van der Waals surface area contributed by atoms with Crippen LogP contribution in [0.25, 0.3) is 0 Å². The zero-order valence-corrected chi connectivity index (χ0v) is 6.11. The van der Waals surface area contributed by atoms with Gasteiger partial charge < -0.3 is 10.1 Å². The molecule has 1 heterocycles. The Kier molecular flexibility index (Phi) is 3.68. The molecule has 60 valence electrons. The molecule has 0 radical (unpaired) electrons. The van der Waals surface area contributed by atoms with Gasteiger partial charge in [0.05, 0.1) is 12.7 Å². The molecule has 0 atom stereocenters. The van der Waals surface area contributed by atoms with Crippen LogP contribution in [0.4, 0.5) is 4.39 Å². The minimum atomic E-state index is -0.357. The van der Waals surface area contributed by atoms with Gasteiger partial charge in [0.25, 0.3) is 0 Å². The number of halogens is 1. The average molecular weight is 147 g/mol. The minimum absolute atomic E-state index is 0.269. The summed E-state index contributed by atoms with van der Waals surface area (Å²) in [7, 11) is 0. The largest absolute Gasteiger partial charge is 0.375 e. The van der Waals surface area contributed by atoms with E-state index in [-0.39, 0.29) is 13.3 Å². The number of nitrogens with one attached hydrogen (secondary N) is 1. The van der Waals surface area contributed by atoms with Crippen LogP contribution in [-0.2, 0) is 4.74 Å². The van der Waals surface area contributed by atoms with Crippen LogP contribution >= 0.6 is 0 Å². The van der Waals surface area contributed by atoms with E-state index in [0.717, 1.165) is 25.9 Å². The summed E-state index contributed by atoms with van der Waals surface area (Å²) in [4.78, 5) is 0. The molecule has 0 amide bonds. The molecular formula is C7H14FNO. The Bertz CT molecular complexity index is 83.7. The molecule has 0 unspecified atom stereocenters. The number of rotatable bonds is 3. The third kappa shape index (κ3) is 2.62. The Morgan fingerprint density at radius 3 is 2.70 bits per heavy atom. The van der Waals surface area contributed by atoms with E-state index >= 15 is 0 Å². The highest BCUT2D eigenvalue weighted by molar-refractivity contribution is 4.67. The van der Waals surface area contributed by atoms with Gasteiger partial charge in [-0.15, -0.1) is 0 Å². The lowest BCUT2D eigenvalue weighted by molar-refractivity contribution is 0.0256. The van der Waals surface area contributed by atoms with Gasteiger partial charge in [-0.1, -0.05) is 0 Å². The van der Waals surface area contributed by atoms with Crippen LogP contribution in [0, 0.1) is 0 Å². The monoisotopic (exact) mass is 147 g/mol. The van der Waals surface area contributed by atoms with Gasteiger partial charge in [-0.25, -0.2) is 4.39 Å². The first-order chi connectivity index (χ1) is 4.93. The van der Waals surface area contributed by atoms with Crippen molar-refractivity contribution in [2.24, 2.45) is 0 Å². The predicted octanol–water partition coefficient (Wildman–Crippen LogP) is 0.724. The molecule has 0 saturated carbocycles. The van der Waals surface area contributed by atoms with Crippen molar-refractivity contribution in [1.82, 2.24) is 5.32 Å². The Balaban J connectivity index is 2.02. The second-order valence-corrected chi connectivity index (χ2v) is 2.51. The highest BCUT2D eigenvalue weighted by Gasteiger charge is 2.11. The van der Waals surface area contributed by atoms with Gasteiger partial charge >= 0.3 is 0 Å². The summed E-state index contributed by atoms with van der Waals surface area (Å²) in [6, 6.07) is 0. The lowest BCUT2D eigenvalue weighted by Crippen LogP contribution is -2.32. The third-order valence-electron chi connectivity index (χ3n) is 1.72. The zero-order chi connectivity index (χ0) is 7.23. The molecule has 3 heteroatoms. The van der Waals surface area contributed by atoms with Crippen molar-refractivity contribution < 1.29 is 9.13 Å². The first-order valence-corrected chi connectivity index (χ1v) is 3.82. The maximum Gasteiger partial charge on any atom is 0.113 e. The van der Waals surface area contributed by atoms with Crippen LogP contribution in [0.3, 0.4) is 0 Å². The fourth-order valence-electron chi connectivity index (χ4n) is 1.17. The maximum absolute atomic E-state index is 11.6. The van der Waals surface area contributed by atoms with Crippen molar-refractivity contribution in [2.75, 3.05) is 26.4 Å². The summed E-state index contributed by atoms with van der Waals surface area (Å²) in [5.41, 5.74) is 0. The molecular weight excluding hydrogens is 133 g/mol. The molecule has 0 spiro atoms. The Labute approximate surface area is 60.8 Å². The van der Waals surface area contributed by atoms with E-state index in [4.69, 9.17) is 4.74 Å². The Morgan fingerprint density at radius 1 is 1.40 bits per heavy atom. The Morgan fingerprint density at radius 2 is 2.10 bits per heavy atom. The number of ether oxygens (including phenoxy) is 1. The van der Waals surface area contributed by atoms with E-state index in [1.165, 1.54) is 0 Å². The van der Waals surface area contributed by atoms with E-state index in [1.807, 2.05) is 0 Å². The van der Waals surface area contributed by atoms with E-state index in [1.54, 1.807) is 0 Å². The van der Waals surface area contributed by atoms with Crippen molar-refractivity contribution >= 4 is 0 Å². The molecule has 0 aromatic carbocycles. The lowest BCUT2D eigenvalue weighted by atomic mass is 10.1. The molecule has 0 aromatic rings. The summed E-state index contributed by atoms with van der Waals surface area (Å²) >= 11 is 0. The molecule has 1 saturated heterocycles. The van der Waals surface area contributed by atoms with Crippen molar-refractivity contribution in [2.45, 2.75) is 18.9 Å². The van der Waals surface area contributed by atoms with Crippen molar-refractivity contribution in [3.8, 4) is 0 Å². The van der Waals surface area contributed by atoms with Gasteiger partial charge in [0, 0.05) is 0 Å². The first kappa shape index (κ1) is 7.95. The molecule has 0 aliphatic carbocycles. The van der Waals surface area contributed by atoms with Gasteiger partial charge in [-0.05, 0) is 25.9 Å². The minimum Gasteiger partial charge on any atom is -0.375 e. The van der Waals surface area contributed by atoms with Crippen LogP contribution in [0.15, 0.2) is 0 Å². The fourth-order valence-corrected chi connectivity index (χ4v) is 1.17. The standard InChI is InChI=1S/C7H14FNO/c8-3-6-10-7-1-4-9-5-2-7/h7,9H,1-6H2. The Hall–Kier alpha value is -0.150. The van der Waals surface area contributed by atoms with E-state index < -0.39 is 0 Å². The van der Waals surface area contributed by atoms with Crippen LogP contribution in [0.1, 0.15) is 12.8 Å². The molecule has 1 rings (SSSR count). The lowest BCUT2D eigenvalue weighted by Gasteiger charge is -2.22. The summed E-state index contributed by atoms with van der Waals surface area (Å²) < 4.78 is 16.8. The topological polar surface area (TPSA) is 21.3 Å². The van der Waals surface area contributed by atoms with Crippen molar-refractivity contribution in [1.29, 1.82) is 0 Å². The van der Waals surface area contributed by atoms with Gasteiger partial charge in [-0.2, -0.15) is 0 Å². The van der Waals surface area contributed by atoms with Crippen LogP contribution in [0.2, 0.25) is 0 Å². The summed E-state index contributed by atoms with van der Waals surface area (Å²) in [5.74, 6) is 0. The second-order valence-electron chi connectivity index (χ2n) is 2.51. The first-order valence-electron chi connectivity index (χ1n) is 3.82. The number of alkyl halides is 1. The molecule has 1 aliphatic heterocycles. The van der Waals surface area contributed by atoms with Gasteiger partial charge in [-0.3, -0.25) is 0 Å². The quantitative estimate of drug-likeness (QED) is 0.635. The van der Waals surface area contributed by atoms with Gasteiger partial charge in [0.15, 0.2) is 0 Å². The maximum atomic E-state index is 11.6. The van der Waals surface area contributed by atoms with Crippen molar-refractivity contribution in [3.05, 3.63) is 0 Å². The summed E-state index contributed by atoms with van der Waals surface area (Å²) in [6.45, 7) is 1.93. The number of hydrogen-bond acceptors (Lipinski definition) is 2. The molecule has 1 fully saturated rings. The van der Waals surface area contributed by atoms with Crippen LogP contribution < -0.4 is 5.32 Å². The highest BCUT2D eigenvalue weighted by atomic mass is 19.1. The van der Waals surface area contributed by atoms with E-state index in [0.29, 0.717) is 6.10 Å². The van der Waals surface area contributed by atoms with Crippen LogP contribution in [0.5, 0.6) is 0 Å².